The van der Waals surface area contributed by atoms with Gasteiger partial charge in [0.25, 0.3) is 16.0 Å². The van der Waals surface area contributed by atoms with Crippen LogP contribution in [0, 0.1) is 11.3 Å². The van der Waals surface area contributed by atoms with Crippen LogP contribution < -0.4 is 10.6 Å². The lowest BCUT2D eigenvalue weighted by Crippen LogP contribution is -2.15. The third-order valence-electron chi connectivity index (χ3n) is 4.03. The molecule has 3 N–H and O–H groups in total. The van der Waals surface area contributed by atoms with E-state index in [1.54, 1.807) is 30.3 Å². The lowest BCUT2D eigenvalue weighted by atomic mass is 10.1. The molecule has 0 aliphatic heterocycles. The molecule has 10 heteroatoms. The zero-order valence-electron chi connectivity index (χ0n) is 16.7. The van der Waals surface area contributed by atoms with Crippen LogP contribution in [0.1, 0.15) is 30.1 Å². The van der Waals surface area contributed by atoms with Crippen LogP contribution in [0.15, 0.2) is 65.2 Å². The molecular formula is C21H21N3O6S. The molecule has 0 saturated heterocycles. The third kappa shape index (κ3) is 6.95. The number of carbonyl (C=O) groups excluding carboxylic acids is 2. The van der Waals surface area contributed by atoms with Crippen LogP contribution in [-0.4, -0.2) is 31.5 Å². The molecule has 0 radical (unpaired) electrons. The van der Waals surface area contributed by atoms with Gasteiger partial charge in [0.05, 0.1) is 22.8 Å². The number of carbonyl (C=O) groups is 2. The average Bonchev–Trinajstić information content (AvgIpc) is 2.74. The molecule has 0 fully saturated rings. The van der Waals surface area contributed by atoms with Crippen LogP contribution >= 0.6 is 0 Å². The Kier molecular flexibility index (Phi) is 8.31. The quantitative estimate of drug-likeness (QED) is 0.176. The van der Waals surface area contributed by atoms with Crippen molar-refractivity contribution in [3.05, 3.63) is 65.9 Å². The lowest BCUT2D eigenvalue weighted by molar-refractivity contribution is -0.112. The molecule has 0 heterocycles. The number of hydrogen-bond donors (Lipinski definition) is 3. The molecule has 1 amide bonds. The number of esters is 1. The first-order chi connectivity index (χ1) is 14.8. The highest BCUT2D eigenvalue weighted by Crippen LogP contribution is 2.18. The molecule has 0 bridgehead atoms. The molecular weight excluding hydrogens is 422 g/mol. The van der Waals surface area contributed by atoms with Gasteiger partial charge < -0.3 is 15.4 Å². The normalized spacial score (nSPS) is 11.3. The average molecular weight is 443 g/mol. The number of benzene rings is 2. The number of nitriles is 1. The van der Waals surface area contributed by atoms with Gasteiger partial charge in [-0.25, -0.2) is 4.79 Å². The van der Waals surface area contributed by atoms with Crippen LogP contribution in [0.5, 0.6) is 0 Å². The Morgan fingerprint density at radius 3 is 2.45 bits per heavy atom. The van der Waals surface area contributed by atoms with E-state index in [9.17, 15) is 23.3 Å². The van der Waals surface area contributed by atoms with Gasteiger partial charge >= 0.3 is 5.97 Å². The second kappa shape index (κ2) is 10.9. The van der Waals surface area contributed by atoms with Crippen molar-refractivity contribution in [2.24, 2.45) is 0 Å². The van der Waals surface area contributed by atoms with Gasteiger partial charge in [-0.1, -0.05) is 25.5 Å². The topological polar surface area (TPSA) is 146 Å². The van der Waals surface area contributed by atoms with Gasteiger partial charge in [-0.15, -0.1) is 0 Å². The highest BCUT2D eigenvalue weighted by molar-refractivity contribution is 7.85. The summed E-state index contributed by atoms with van der Waals surface area (Å²) in [7, 11) is -4.35. The Balaban J connectivity index is 2.11. The van der Waals surface area contributed by atoms with Gasteiger partial charge in [-0.05, 0) is 42.8 Å². The molecule has 31 heavy (non-hydrogen) atoms. The summed E-state index contributed by atoms with van der Waals surface area (Å²) in [6, 6.07) is 13.0. The number of nitrogens with zero attached hydrogens (tertiary/aromatic N) is 1. The van der Waals surface area contributed by atoms with Crippen LogP contribution in [0.25, 0.3) is 0 Å². The predicted octanol–water partition coefficient (Wildman–Crippen LogP) is 3.35. The van der Waals surface area contributed by atoms with E-state index < -0.39 is 22.0 Å². The van der Waals surface area contributed by atoms with Crippen LogP contribution in [0.4, 0.5) is 11.4 Å². The van der Waals surface area contributed by atoms with Crippen LogP contribution in [0.2, 0.25) is 0 Å². The number of rotatable bonds is 9. The maximum Gasteiger partial charge on any atom is 0.340 e. The van der Waals surface area contributed by atoms with Crippen LogP contribution in [0.3, 0.4) is 0 Å². The fraction of sp³-hybridized carbons (Fsp3) is 0.190. The first-order valence-electron chi connectivity index (χ1n) is 9.28. The Bertz CT molecular complexity index is 1120. The van der Waals surface area contributed by atoms with E-state index in [2.05, 4.69) is 10.6 Å². The van der Waals surface area contributed by atoms with Crippen molar-refractivity contribution in [1.29, 1.82) is 5.26 Å². The monoisotopic (exact) mass is 443 g/mol. The summed E-state index contributed by atoms with van der Waals surface area (Å²) in [5.41, 5.74) is 0.557. The first-order valence-corrected chi connectivity index (χ1v) is 10.7. The smallest absolute Gasteiger partial charge is 0.340 e. The van der Waals surface area contributed by atoms with Crippen molar-refractivity contribution in [2.75, 3.05) is 17.2 Å². The van der Waals surface area contributed by atoms with E-state index in [0.29, 0.717) is 12.3 Å². The number of nitrogens with one attached hydrogen (secondary N) is 2. The van der Waals surface area contributed by atoms with E-state index in [-0.39, 0.29) is 21.7 Å². The summed E-state index contributed by atoms with van der Waals surface area (Å²) in [5, 5.41) is 14.5. The van der Waals surface area contributed by atoms with Crippen molar-refractivity contribution in [3.8, 4) is 6.07 Å². The molecule has 0 spiro atoms. The summed E-state index contributed by atoms with van der Waals surface area (Å²) in [4.78, 5) is 24.3. The summed E-state index contributed by atoms with van der Waals surface area (Å²) >= 11 is 0. The van der Waals surface area contributed by atoms with E-state index >= 15 is 0 Å². The fourth-order valence-electron chi connectivity index (χ4n) is 2.38. The highest BCUT2D eigenvalue weighted by Gasteiger charge is 2.14. The summed E-state index contributed by atoms with van der Waals surface area (Å²) in [6.07, 6.45) is 2.78. The van der Waals surface area contributed by atoms with Gasteiger partial charge in [0, 0.05) is 11.9 Å². The Morgan fingerprint density at radius 1 is 1.16 bits per heavy atom. The maximum absolute atomic E-state index is 12.3. The standard InChI is InChI=1S/C21H21N3O6S/c1-2-3-12-30-21(26)18-6-4-5-7-19(18)23-14-15(13-22)20(25)24-16-8-10-17(11-9-16)31(27,28)29/h4-11,14,23H,2-3,12H2,1H3,(H,24,25)(H,27,28,29)/b15-14-. The van der Waals surface area contributed by atoms with E-state index in [1.165, 1.54) is 12.1 Å². The largest absolute Gasteiger partial charge is 0.462 e. The van der Waals surface area contributed by atoms with Crippen molar-refractivity contribution < 1.29 is 27.3 Å². The van der Waals surface area contributed by atoms with Gasteiger partial charge in [0.1, 0.15) is 11.6 Å². The summed E-state index contributed by atoms with van der Waals surface area (Å²) in [6.45, 7) is 2.27. The Hall–Kier alpha value is -3.68. The van der Waals surface area contributed by atoms with Crippen molar-refractivity contribution in [1.82, 2.24) is 0 Å². The molecule has 0 atom stereocenters. The first kappa shape index (κ1) is 23.6. The third-order valence-corrected chi connectivity index (χ3v) is 4.89. The van der Waals surface area contributed by atoms with Crippen molar-refractivity contribution >= 4 is 33.4 Å². The lowest BCUT2D eigenvalue weighted by Gasteiger charge is -2.10. The number of para-hydroxylation sites is 1. The molecule has 2 rings (SSSR count). The molecule has 0 aromatic heterocycles. The van der Waals surface area contributed by atoms with Gasteiger partial charge in [-0.2, -0.15) is 13.7 Å². The van der Waals surface area contributed by atoms with Gasteiger partial charge in [0.2, 0.25) is 0 Å². The minimum atomic E-state index is -4.35. The zero-order chi connectivity index (χ0) is 22.9. The second-order valence-corrected chi connectivity index (χ2v) is 7.72. The maximum atomic E-state index is 12.3. The molecule has 9 nitrogen and oxygen atoms in total. The van der Waals surface area contributed by atoms with Crippen molar-refractivity contribution in [3.63, 3.8) is 0 Å². The second-order valence-electron chi connectivity index (χ2n) is 6.30. The van der Waals surface area contributed by atoms with E-state index in [1.807, 2.05) is 6.92 Å². The van der Waals surface area contributed by atoms with Crippen molar-refractivity contribution in [2.45, 2.75) is 24.7 Å². The molecule has 0 unspecified atom stereocenters. The number of ether oxygens (including phenoxy) is 1. The SMILES string of the molecule is CCCCOC(=O)c1ccccc1N/C=C(/C#N)C(=O)Nc1ccc(S(=O)(=O)O)cc1. The van der Waals surface area contributed by atoms with E-state index in [0.717, 1.165) is 31.2 Å². The number of amides is 1. The number of unbranched alkanes of at least 4 members (excludes halogenated alkanes) is 1. The Morgan fingerprint density at radius 2 is 1.84 bits per heavy atom. The van der Waals surface area contributed by atoms with Gasteiger partial charge in [0.15, 0.2) is 0 Å². The highest BCUT2D eigenvalue weighted by atomic mass is 32.2. The molecule has 0 aliphatic rings. The Labute approximate surface area is 180 Å². The number of hydrogen-bond acceptors (Lipinski definition) is 7. The molecule has 2 aromatic rings. The van der Waals surface area contributed by atoms with Crippen LogP contribution in [-0.2, 0) is 19.6 Å². The minimum Gasteiger partial charge on any atom is -0.462 e. The zero-order valence-corrected chi connectivity index (χ0v) is 17.5. The predicted molar refractivity (Wildman–Crippen MR) is 114 cm³/mol. The molecule has 0 saturated carbocycles. The summed E-state index contributed by atoms with van der Waals surface area (Å²) < 4.78 is 36.3. The summed E-state index contributed by atoms with van der Waals surface area (Å²) in [5.74, 6) is -1.27. The molecule has 0 aliphatic carbocycles. The molecule has 162 valence electrons. The molecule has 2 aromatic carbocycles. The van der Waals surface area contributed by atoms with Gasteiger partial charge in [-0.3, -0.25) is 9.35 Å². The minimum absolute atomic E-state index is 0.221. The fourth-order valence-corrected chi connectivity index (χ4v) is 2.86. The van der Waals surface area contributed by atoms with E-state index in [4.69, 9.17) is 9.29 Å². The number of anilines is 2.